The maximum atomic E-state index is 4.82. The van der Waals surface area contributed by atoms with Gasteiger partial charge in [0.05, 0.1) is 0 Å². The summed E-state index contributed by atoms with van der Waals surface area (Å²) in [5, 5.41) is 0. The second kappa shape index (κ2) is 19.9. The van der Waals surface area contributed by atoms with Crippen LogP contribution in [0, 0.1) is 0 Å². The monoisotopic (exact) mass is 1040 g/mol. The molecular formula is C34H26I2N2Se4. The van der Waals surface area contributed by atoms with E-state index in [0.29, 0.717) is 59.8 Å². The molecule has 0 unspecified atom stereocenters. The van der Waals surface area contributed by atoms with Gasteiger partial charge in [0.25, 0.3) is 0 Å². The van der Waals surface area contributed by atoms with Gasteiger partial charge in [-0.2, -0.15) is 0 Å². The fourth-order valence-corrected chi connectivity index (χ4v) is 11.0. The summed E-state index contributed by atoms with van der Waals surface area (Å²) < 4.78 is 10.3. The number of hydrogen-bond donors (Lipinski definition) is 0. The van der Waals surface area contributed by atoms with E-state index in [-0.39, 0.29) is 0 Å². The van der Waals surface area contributed by atoms with Gasteiger partial charge in [-0.3, -0.25) is 0 Å². The second-order valence-electron chi connectivity index (χ2n) is 8.29. The second-order valence-corrected chi connectivity index (χ2v) is 17.5. The minimum absolute atomic E-state index is 0.296. The zero-order chi connectivity index (χ0) is 29.2. The molecule has 0 amide bonds. The Labute approximate surface area is 297 Å². The molecule has 0 bridgehead atoms. The van der Waals surface area contributed by atoms with Crippen LogP contribution >= 0.6 is 37.2 Å². The molecule has 42 heavy (non-hydrogen) atoms. The average Bonchev–Trinajstić information content (AvgIpc) is 3.05. The Bertz CT molecular complexity index is 1360. The quantitative estimate of drug-likeness (QED) is 0.173. The number of hydrogen-bond acceptors (Lipinski definition) is 2. The number of benzene rings is 4. The molecule has 2 aromatic heterocycles. The molecule has 6 aromatic rings. The molecule has 0 saturated heterocycles. The normalized spacial score (nSPS) is 10.0. The first-order chi connectivity index (χ1) is 20.8. The van der Waals surface area contributed by atoms with Crippen molar-refractivity contribution in [3.05, 3.63) is 158 Å². The van der Waals surface area contributed by atoms with Gasteiger partial charge in [-0.25, -0.2) is 0 Å². The number of aromatic nitrogens is 2. The van der Waals surface area contributed by atoms with Crippen LogP contribution in [0.25, 0.3) is 0 Å². The van der Waals surface area contributed by atoms with Crippen molar-refractivity contribution in [2.24, 2.45) is 0 Å². The molecule has 0 radical (unpaired) electrons. The topological polar surface area (TPSA) is 25.8 Å². The Kier molecular flexibility index (Phi) is 15.9. The average molecular weight is 1030 g/mol. The van der Waals surface area contributed by atoms with Crippen LogP contribution < -0.4 is 36.2 Å². The molecule has 210 valence electrons. The number of halogens is 2. The fraction of sp³-hybridized carbons (Fsp3) is 0. The molecule has 8 heteroatoms. The Morgan fingerprint density at radius 1 is 0.286 bits per heavy atom. The summed E-state index contributed by atoms with van der Waals surface area (Å²) in [6, 6.07) is 55.2. The summed E-state index contributed by atoms with van der Waals surface area (Å²) in [4.78, 5) is 9.64. The van der Waals surface area contributed by atoms with Gasteiger partial charge in [0.15, 0.2) is 0 Å². The van der Waals surface area contributed by atoms with E-state index in [4.69, 9.17) is 9.97 Å². The number of pyridine rings is 2. The van der Waals surface area contributed by atoms with Crippen LogP contribution in [0.5, 0.6) is 0 Å². The Balaban J connectivity index is 0.000000182. The van der Waals surface area contributed by atoms with Crippen molar-refractivity contribution in [3.8, 4) is 0 Å². The summed E-state index contributed by atoms with van der Waals surface area (Å²) in [5.74, 6) is 0. The predicted molar refractivity (Wildman–Crippen MR) is 202 cm³/mol. The number of rotatable bonds is 8. The molecule has 0 fully saturated rings. The van der Waals surface area contributed by atoms with E-state index in [0.717, 1.165) is 0 Å². The van der Waals surface area contributed by atoms with Crippen LogP contribution in [0.15, 0.2) is 158 Å². The van der Waals surface area contributed by atoms with Crippen molar-refractivity contribution in [3.63, 3.8) is 0 Å². The third kappa shape index (κ3) is 12.4. The SMILES string of the molecule is II.c1ccc([Se]c2cccc([Se]c3ccccc3)n2)cc1.c1ccc([Se]c2cccc([Se]c3ccccc3)n2)cc1. The Morgan fingerprint density at radius 3 is 0.714 bits per heavy atom. The molecular weight excluding hydrogens is 1010 g/mol. The molecule has 4 aromatic carbocycles. The van der Waals surface area contributed by atoms with Crippen LogP contribution in [0.3, 0.4) is 0 Å². The minimum atomic E-state index is 0.296. The van der Waals surface area contributed by atoms with Gasteiger partial charge in [-0.1, -0.05) is 0 Å². The zero-order valence-electron chi connectivity index (χ0n) is 22.3. The van der Waals surface area contributed by atoms with Crippen LogP contribution in [0.4, 0.5) is 0 Å². The van der Waals surface area contributed by atoms with Gasteiger partial charge in [0.1, 0.15) is 0 Å². The van der Waals surface area contributed by atoms with Gasteiger partial charge in [-0.05, 0) is 0 Å². The summed E-state index contributed by atoms with van der Waals surface area (Å²) in [6.45, 7) is 0. The zero-order valence-corrected chi connectivity index (χ0v) is 33.5. The third-order valence-electron chi connectivity index (χ3n) is 5.26. The molecule has 2 heterocycles. The summed E-state index contributed by atoms with van der Waals surface area (Å²) >= 11 is 5.42. The van der Waals surface area contributed by atoms with E-state index in [1.807, 2.05) is 0 Å². The third-order valence-corrected chi connectivity index (χ3v) is 13.2. The first kappa shape index (κ1) is 33.6. The van der Waals surface area contributed by atoms with E-state index in [9.17, 15) is 0 Å². The van der Waals surface area contributed by atoms with Crippen LogP contribution in [0.1, 0.15) is 0 Å². The molecule has 6 rings (SSSR count). The first-order valence-electron chi connectivity index (χ1n) is 12.8. The van der Waals surface area contributed by atoms with E-state index >= 15 is 0 Å². The first-order valence-corrected chi connectivity index (χ1v) is 25.9. The van der Waals surface area contributed by atoms with Crippen LogP contribution in [0.2, 0.25) is 0 Å². The van der Waals surface area contributed by atoms with Crippen LogP contribution in [-0.4, -0.2) is 69.8 Å². The van der Waals surface area contributed by atoms with E-state index in [2.05, 4.69) is 195 Å². The molecule has 0 aliphatic rings. The molecule has 0 N–H and O–H groups in total. The summed E-state index contributed by atoms with van der Waals surface area (Å²) in [6.07, 6.45) is 0. The molecule has 2 nitrogen and oxygen atoms in total. The molecule has 0 aliphatic heterocycles. The van der Waals surface area contributed by atoms with Crippen molar-refractivity contribution in [1.29, 1.82) is 0 Å². The fourth-order valence-electron chi connectivity index (χ4n) is 3.46. The van der Waals surface area contributed by atoms with E-state index < -0.39 is 0 Å². The van der Waals surface area contributed by atoms with Crippen molar-refractivity contribution < 1.29 is 0 Å². The van der Waals surface area contributed by atoms with Crippen molar-refractivity contribution in [2.45, 2.75) is 0 Å². The maximum absolute atomic E-state index is 4.82. The van der Waals surface area contributed by atoms with Gasteiger partial charge in [-0.15, -0.1) is 0 Å². The van der Waals surface area contributed by atoms with Crippen molar-refractivity contribution in [1.82, 2.24) is 9.97 Å². The van der Waals surface area contributed by atoms with Crippen molar-refractivity contribution >= 4 is 133 Å². The van der Waals surface area contributed by atoms with Gasteiger partial charge >= 0.3 is 264 Å². The molecule has 0 atom stereocenters. The summed E-state index contributed by atoms with van der Waals surface area (Å²) in [5.41, 5.74) is 0. The Morgan fingerprint density at radius 2 is 0.500 bits per heavy atom. The van der Waals surface area contributed by atoms with Crippen molar-refractivity contribution in [2.75, 3.05) is 0 Å². The molecule has 0 spiro atoms. The standard InChI is InChI=1S/2C17H13NSe2.I2/c2*1-3-8-14(9-4-1)19-16-12-7-13-17(18-16)20-15-10-5-2-6-11-15;1-2/h2*1-13H;. The molecule has 0 aliphatic carbocycles. The Hall–Kier alpha value is -1.28. The van der Waals surface area contributed by atoms with Gasteiger partial charge in [0, 0.05) is 37.2 Å². The van der Waals surface area contributed by atoms with Gasteiger partial charge in [0.2, 0.25) is 0 Å². The van der Waals surface area contributed by atoms with Gasteiger partial charge < -0.3 is 0 Å². The van der Waals surface area contributed by atoms with Crippen LogP contribution in [-0.2, 0) is 0 Å². The summed E-state index contributed by atoms with van der Waals surface area (Å²) in [7, 11) is 0. The van der Waals surface area contributed by atoms with E-state index in [1.54, 1.807) is 0 Å². The number of nitrogens with zero attached hydrogens (tertiary/aromatic N) is 2. The van der Waals surface area contributed by atoms with E-state index in [1.165, 1.54) is 36.2 Å². The predicted octanol–water partition coefficient (Wildman–Crippen LogP) is 2.55. The molecule has 0 saturated carbocycles.